The number of amides is 1. The van der Waals surface area contributed by atoms with Crippen molar-refractivity contribution >= 4 is 17.3 Å². The molecule has 0 fully saturated rings. The number of nitrogens with zero attached hydrogens (tertiary/aromatic N) is 1. The number of benzene rings is 2. The summed E-state index contributed by atoms with van der Waals surface area (Å²) in [6.07, 6.45) is 0.933. The van der Waals surface area contributed by atoms with Gasteiger partial charge in [-0.3, -0.25) is 4.79 Å². The van der Waals surface area contributed by atoms with Crippen molar-refractivity contribution in [3.8, 4) is 0 Å². The van der Waals surface area contributed by atoms with Crippen LogP contribution in [-0.4, -0.2) is 19.5 Å². The van der Waals surface area contributed by atoms with E-state index < -0.39 is 0 Å². The van der Waals surface area contributed by atoms with E-state index in [1.54, 1.807) is 0 Å². The molecule has 0 aliphatic carbocycles. The Labute approximate surface area is 119 Å². The molecule has 2 aromatic carbocycles. The van der Waals surface area contributed by atoms with Crippen molar-refractivity contribution in [1.29, 1.82) is 0 Å². The minimum absolute atomic E-state index is 0.0722. The molecule has 3 heteroatoms. The smallest absolute Gasteiger partial charge is 0.260 e. The summed E-state index contributed by atoms with van der Waals surface area (Å²) in [4.78, 5) is 14.7. The van der Waals surface area contributed by atoms with Crippen LogP contribution in [0.25, 0.3) is 0 Å². The average Bonchev–Trinajstić information content (AvgIpc) is 2.90. The van der Waals surface area contributed by atoms with Crippen molar-refractivity contribution < 1.29 is 4.79 Å². The Hall–Kier alpha value is -2.29. The molecule has 0 unspecified atom stereocenters. The molecule has 1 aliphatic rings. The Bertz CT molecular complexity index is 664. The fraction of sp³-hybridized carbons (Fsp3) is 0.235. The predicted octanol–water partition coefficient (Wildman–Crippen LogP) is 3.24. The fourth-order valence-electron chi connectivity index (χ4n) is 2.75. The predicted molar refractivity (Wildman–Crippen MR) is 82.5 cm³/mol. The number of fused-ring (bicyclic) bond motifs is 1. The van der Waals surface area contributed by atoms with Crippen molar-refractivity contribution in [3.05, 3.63) is 59.2 Å². The number of carbonyl (C=O) groups is 1. The standard InChI is InChI=1S/C17H18N2O/c1-12-7-8-15(18-2)14(11-12)17(20)19-10-9-13-5-3-4-6-16(13)19/h3-8,11,18H,9-10H2,1-2H3. The fourth-order valence-corrected chi connectivity index (χ4v) is 2.75. The quantitative estimate of drug-likeness (QED) is 0.905. The first-order chi connectivity index (χ1) is 9.70. The zero-order valence-corrected chi connectivity index (χ0v) is 11.8. The minimum Gasteiger partial charge on any atom is -0.387 e. The molecule has 0 bridgehead atoms. The number of carbonyl (C=O) groups excluding carboxylic acids is 1. The Morgan fingerprint density at radius 2 is 2.00 bits per heavy atom. The molecule has 0 aromatic heterocycles. The first-order valence-electron chi connectivity index (χ1n) is 6.89. The number of rotatable bonds is 2. The van der Waals surface area contributed by atoms with Gasteiger partial charge in [0.25, 0.3) is 5.91 Å². The lowest BCUT2D eigenvalue weighted by molar-refractivity contribution is 0.0990. The van der Waals surface area contributed by atoms with E-state index in [9.17, 15) is 4.79 Å². The van der Waals surface area contributed by atoms with Crippen LogP contribution in [0, 0.1) is 6.92 Å². The summed E-state index contributed by atoms with van der Waals surface area (Å²) < 4.78 is 0. The maximum absolute atomic E-state index is 12.8. The molecule has 0 radical (unpaired) electrons. The van der Waals surface area contributed by atoms with Crippen LogP contribution in [0.3, 0.4) is 0 Å². The van der Waals surface area contributed by atoms with Gasteiger partial charge in [0.2, 0.25) is 0 Å². The maximum atomic E-state index is 12.8. The number of anilines is 2. The Morgan fingerprint density at radius 1 is 1.20 bits per heavy atom. The van der Waals surface area contributed by atoms with E-state index in [2.05, 4.69) is 11.4 Å². The van der Waals surface area contributed by atoms with Crippen LogP contribution >= 0.6 is 0 Å². The SMILES string of the molecule is CNc1ccc(C)cc1C(=O)N1CCc2ccccc21. The second-order valence-electron chi connectivity index (χ2n) is 5.13. The molecule has 0 saturated carbocycles. The average molecular weight is 266 g/mol. The molecule has 1 aliphatic heterocycles. The van der Waals surface area contributed by atoms with Crippen LogP contribution in [0.1, 0.15) is 21.5 Å². The molecule has 3 nitrogen and oxygen atoms in total. The summed E-state index contributed by atoms with van der Waals surface area (Å²) >= 11 is 0. The Morgan fingerprint density at radius 3 is 2.80 bits per heavy atom. The van der Waals surface area contributed by atoms with Gasteiger partial charge in [-0.2, -0.15) is 0 Å². The van der Waals surface area contributed by atoms with Gasteiger partial charge in [0.15, 0.2) is 0 Å². The van der Waals surface area contributed by atoms with Crippen LogP contribution < -0.4 is 10.2 Å². The first-order valence-corrected chi connectivity index (χ1v) is 6.89. The maximum Gasteiger partial charge on any atom is 0.260 e. The first kappa shape index (κ1) is 12.7. The van der Waals surface area contributed by atoms with Crippen LogP contribution in [0.4, 0.5) is 11.4 Å². The van der Waals surface area contributed by atoms with Gasteiger partial charge in [-0.05, 0) is 37.1 Å². The second-order valence-corrected chi connectivity index (χ2v) is 5.13. The van der Waals surface area contributed by atoms with E-state index in [1.165, 1.54) is 5.56 Å². The zero-order valence-electron chi connectivity index (χ0n) is 11.8. The van der Waals surface area contributed by atoms with E-state index in [4.69, 9.17) is 0 Å². The van der Waals surface area contributed by atoms with Crippen LogP contribution in [0.2, 0.25) is 0 Å². The molecule has 102 valence electrons. The number of aryl methyl sites for hydroxylation is 1. The summed E-state index contributed by atoms with van der Waals surface area (Å²) in [7, 11) is 1.85. The van der Waals surface area contributed by atoms with E-state index in [-0.39, 0.29) is 5.91 Å². The van der Waals surface area contributed by atoms with Crippen LogP contribution in [0.15, 0.2) is 42.5 Å². The largest absolute Gasteiger partial charge is 0.387 e. The van der Waals surface area contributed by atoms with Gasteiger partial charge in [-0.15, -0.1) is 0 Å². The molecule has 1 heterocycles. The van der Waals surface area contributed by atoms with E-state index in [0.717, 1.165) is 35.5 Å². The molecular weight excluding hydrogens is 248 g/mol. The molecule has 1 amide bonds. The summed E-state index contributed by atoms with van der Waals surface area (Å²) in [6, 6.07) is 14.1. The van der Waals surface area contributed by atoms with Crippen LogP contribution in [0.5, 0.6) is 0 Å². The van der Waals surface area contributed by atoms with E-state index >= 15 is 0 Å². The highest BCUT2D eigenvalue weighted by atomic mass is 16.2. The number of hydrogen-bond donors (Lipinski definition) is 1. The summed E-state index contributed by atoms with van der Waals surface area (Å²) in [5.74, 6) is 0.0722. The van der Waals surface area contributed by atoms with Gasteiger partial charge >= 0.3 is 0 Å². The number of hydrogen-bond acceptors (Lipinski definition) is 2. The third-order valence-electron chi connectivity index (χ3n) is 3.81. The molecule has 0 spiro atoms. The van der Waals surface area contributed by atoms with Crippen molar-refractivity contribution in [2.45, 2.75) is 13.3 Å². The lowest BCUT2D eigenvalue weighted by atomic mass is 10.1. The van der Waals surface area contributed by atoms with Crippen molar-refractivity contribution in [1.82, 2.24) is 0 Å². The molecule has 1 N–H and O–H groups in total. The molecular formula is C17H18N2O. The van der Waals surface area contributed by atoms with Crippen molar-refractivity contribution in [2.24, 2.45) is 0 Å². The summed E-state index contributed by atoms with van der Waals surface area (Å²) in [6.45, 7) is 2.77. The highest BCUT2D eigenvalue weighted by Gasteiger charge is 2.26. The highest BCUT2D eigenvalue weighted by molar-refractivity contribution is 6.10. The Kier molecular flexibility index (Phi) is 3.18. The van der Waals surface area contributed by atoms with Gasteiger partial charge < -0.3 is 10.2 Å². The van der Waals surface area contributed by atoms with Gasteiger partial charge in [0, 0.05) is 25.0 Å². The van der Waals surface area contributed by atoms with E-state index in [1.807, 2.05) is 55.3 Å². The minimum atomic E-state index is 0.0722. The van der Waals surface area contributed by atoms with Gasteiger partial charge in [0.05, 0.1) is 5.56 Å². The van der Waals surface area contributed by atoms with Crippen LogP contribution in [-0.2, 0) is 6.42 Å². The third kappa shape index (κ3) is 2.05. The summed E-state index contributed by atoms with van der Waals surface area (Å²) in [5, 5.41) is 3.10. The number of para-hydroxylation sites is 1. The molecule has 2 aromatic rings. The normalized spacial score (nSPS) is 13.2. The lowest BCUT2D eigenvalue weighted by Crippen LogP contribution is -2.29. The molecule has 0 atom stereocenters. The molecule has 20 heavy (non-hydrogen) atoms. The number of nitrogens with one attached hydrogen (secondary N) is 1. The second kappa shape index (κ2) is 5.00. The Balaban J connectivity index is 2.00. The zero-order chi connectivity index (χ0) is 14.1. The topological polar surface area (TPSA) is 32.3 Å². The van der Waals surface area contributed by atoms with Gasteiger partial charge in [0.1, 0.15) is 0 Å². The third-order valence-corrected chi connectivity index (χ3v) is 3.81. The summed E-state index contributed by atoms with van der Waals surface area (Å²) in [5.41, 5.74) is 5.01. The van der Waals surface area contributed by atoms with Gasteiger partial charge in [-0.1, -0.05) is 29.8 Å². The van der Waals surface area contributed by atoms with Gasteiger partial charge in [-0.25, -0.2) is 0 Å². The van der Waals surface area contributed by atoms with E-state index in [0.29, 0.717) is 0 Å². The monoisotopic (exact) mass is 266 g/mol. The molecule has 3 rings (SSSR count). The van der Waals surface area contributed by atoms with Crippen molar-refractivity contribution in [2.75, 3.05) is 23.8 Å². The lowest BCUT2D eigenvalue weighted by Gasteiger charge is -2.19. The molecule has 0 saturated heterocycles. The van der Waals surface area contributed by atoms with Crippen molar-refractivity contribution in [3.63, 3.8) is 0 Å². The highest BCUT2D eigenvalue weighted by Crippen LogP contribution is 2.30.